The van der Waals surface area contributed by atoms with Crippen LogP contribution in [0.15, 0.2) is 38.9 Å². The number of carbonyl (C=O) groups is 1. The summed E-state index contributed by atoms with van der Waals surface area (Å²) in [5.41, 5.74) is 1.83. The number of likely N-dealkylation sites (tertiary alicyclic amines) is 1. The fourth-order valence-corrected chi connectivity index (χ4v) is 4.26. The fourth-order valence-electron chi connectivity index (χ4n) is 2.45. The first-order valence-electron chi connectivity index (χ1n) is 8.50. The van der Waals surface area contributed by atoms with Gasteiger partial charge in [0.2, 0.25) is 0 Å². The van der Waals surface area contributed by atoms with Crippen LogP contribution in [0.2, 0.25) is 0 Å². The number of ether oxygens (including phenoxy) is 2. The van der Waals surface area contributed by atoms with Crippen LogP contribution in [0.3, 0.4) is 0 Å². The summed E-state index contributed by atoms with van der Waals surface area (Å²) in [7, 11) is 1.68. The molecule has 26 heavy (non-hydrogen) atoms. The largest absolute Gasteiger partial charge is 0.385 e. The van der Waals surface area contributed by atoms with Crippen LogP contribution in [0.1, 0.15) is 12.1 Å². The number of amides is 2. The highest BCUT2D eigenvalue weighted by atomic mass is 32.2. The highest BCUT2D eigenvalue weighted by Crippen LogP contribution is 2.30. The van der Waals surface area contributed by atoms with Gasteiger partial charge in [-0.15, -0.1) is 11.3 Å². The van der Waals surface area contributed by atoms with Crippen LogP contribution in [-0.4, -0.2) is 55.4 Å². The molecule has 1 aliphatic rings. The Kier molecular flexibility index (Phi) is 6.90. The molecule has 1 saturated heterocycles. The Labute approximate surface area is 161 Å². The predicted octanol–water partition coefficient (Wildman–Crippen LogP) is 3.87. The normalized spacial score (nSPS) is 14.3. The molecule has 6 nitrogen and oxygen atoms in total. The predicted molar refractivity (Wildman–Crippen MR) is 104 cm³/mol. The number of benzene rings is 1. The lowest BCUT2D eigenvalue weighted by molar-refractivity contribution is -0.0380. The van der Waals surface area contributed by atoms with Gasteiger partial charge in [-0.05, 0) is 37.6 Å². The van der Waals surface area contributed by atoms with Crippen molar-refractivity contribution in [3.05, 3.63) is 35.3 Å². The number of hydrogen-bond acceptors (Lipinski definition) is 6. The lowest BCUT2D eigenvalue weighted by atomic mass is 10.2. The first-order valence-corrected chi connectivity index (χ1v) is 10.2. The average Bonchev–Trinajstić information content (AvgIpc) is 2.99. The minimum absolute atomic E-state index is 0.0855. The molecule has 1 aliphatic heterocycles. The molecule has 0 radical (unpaired) electrons. The Morgan fingerprint density at radius 1 is 1.35 bits per heavy atom. The minimum atomic E-state index is -0.0855. The SMILES string of the molecule is COCCCOC1CN(C(=O)Nc2ccc(Sc3nc(C)cs3)cc2)C1. The highest BCUT2D eigenvalue weighted by Gasteiger charge is 2.31. The molecule has 0 bridgehead atoms. The topological polar surface area (TPSA) is 63.7 Å². The summed E-state index contributed by atoms with van der Waals surface area (Å²) >= 11 is 3.27. The van der Waals surface area contributed by atoms with Crippen molar-refractivity contribution in [3.63, 3.8) is 0 Å². The molecule has 0 unspecified atom stereocenters. The number of nitrogens with one attached hydrogen (secondary N) is 1. The number of urea groups is 1. The summed E-state index contributed by atoms with van der Waals surface area (Å²) in [5.74, 6) is 0. The van der Waals surface area contributed by atoms with Crippen molar-refractivity contribution in [2.24, 2.45) is 0 Å². The molecule has 0 atom stereocenters. The quantitative estimate of drug-likeness (QED) is 0.690. The molecule has 0 aliphatic carbocycles. The molecule has 2 heterocycles. The van der Waals surface area contributed by atoms with Crippen molar-refractivity contribution in [2.75, 3.05) is 38.7 Å². The molecular formula is C18H23N3O3S2. The standard InChI is InChI=1S/C18H23N3O3S2/c1-13-12-25-18(19-13)26-16-6-4-14(5-7-16)20-17(22)21-10-15(11-21)24-9-3-8-23-2/h4-7,12,15H,3,8-11H2,1-2H3,(H,20,22). The van der Waals surface area contributed by atoms with Crippen molar-refractivity contribution in [1.29, 1.82) is 0 Å². The summed E-state index contributed by atoms with van der Waals surface area (Å²) in [5, 5.41) is 4.97. The Bertz CT molecular complexity index is 715. The zero-order valence-corrected chi connectivity index (χ0v) is 16.6. The van der Waals surface area contributed by atoms with E-state index in [1.165, 1.54) is 0 Å². The van der Waals surface area contributed by atoms with E-state index >= 15 is 0 Å². The van der Waals surface area contributed by atoms with Gasteiger partial charge in [0.25, 0.3) is 0 Å². The summed E-state index contributed by atoms with van der Waals surface area (Å²) in [4.78, 5) is 19.5. The monoisotopic (exact) mass is 393 g/mol. The second-order valence-corrected chi connectivity index (χ2v) is 8.23. The van der Waals surface area contributed by atoms with Crippen molar-refractivity contribution in [3.8, 4) is 0 Å². The van der Waals surface area contributed by atoms with Gasteiger partial charge < -0.3 is 19.7 Å². The molecule has 2 aromatic rings. The van der Waals surface area contributed by atoms with Crippen LogP contribution >= 0.6 is 23.1 Å². The molecule has 0 saturated carbocycles. The average molecular weight is 394 g/mol. The van der Waals surface area contributed by atoms with E-state index in [1.54, 1.807) is 35.1 Å². The van der Waals surface area contributed by atoms with Crippen LogP contribution in [-0.2, 0) is 9.47 Å². The molecule has 8 heteroatoms. The number of aryl methyl sites for hydroxylation is 1. The fraction of sp³-hybridized carbons (Fsp3) is 0.444. The van der Waals surface area contributed by atoms with E-state index < -0.39 is 0 Å². The van der Waals surface area contributed by atoms with E-state index in [0.717, 1.165) is 27.0 Å². The maximum Gasteiger partial charge on any atom is 0.322 e. The molecule has 1 aromatic carbocycles. The summed E-state index contributed by atoms with van der Waals surface area (Å²) in [6.07, 6.45) is 1.02. The Morgan fingerprint density at radius 3 is 2.77 bits per heavy atom. The molecule has 1 aromatic heterocycles. The third-order valence-electron chi connectivity index (χ3n) is 3.89. The van der Waals surface area contributed by atoms with Gasteiger partial charge >= 0.3 is 6.03 Å². The molecular weight excluding hydrogens is 370 g/mol. The maximum atomic E-state index is 12.2. The molecule has 1 fully saturated rings. The molecule has 140 valence electrons. The van der Waals surface area contributed by atoms with Crippen molar-refractivity contribution in [1.82, 2.24) is 9.88 Å². The van der Waals surface area contributed by atoms with Gasteiger partial charge in [0.15, 0.2) is 4.34 Å². The van der Waals surface area contributed by atoms with E-state index in [-0.39, 0.29) is 12.1 Å². The van der Waals surface area contributed by atoms with Crippen molar-refractivity contribution < 1.29 is 14.3 Å². The number of carbonyl (C=O) groups excluding carboxylic acids is 1. The van der Waals surface area contributed by atoms with Crippen LogP contribution in [0.4, 0.5) is 10.5 Å². The number of nitrogens with zero attached hydrogens (tertiary/aromatic N) is 2. The van der Waals surface area contributed by atoms with Crippen molar-refractivity contribution >= 4 is 34.8 Å². The lowest BCUT2D eigenvalue weighted by Gasteiger charge is -2.38. The Hall–Kier alpha value is -1.61. The van der Waals surface area contributed by atoms with Gasteiger partial charge in [0.05, 0.1) is 19.2 Å². The van der Waals surface area contributed by atoms with Gasteiger partial charge in [0, 0.05) is 42.0 Å². The lowest BCUT2D eigenvalue weighted by Crippen LogP contribution is -2.56. The van der Waals surface area contributed by atoms with E-state index in [4.69, 9.17) is 9.47 Å². The van der Waals surface area contributed by atoms with E-state index in [2.05, 4.69) is 10.3 Å². The Balaban J connectivity index is 1.40. The summed E-state index contributed by atoms with van der Waals surface area (Å²) in [6.45, 7) is 4.63. The zero-order chi connectivity index (χ0) is 18.4. The summed E-state index contributed by atoms with van der Waals surface area (Å²) in [6, 6.07) is 7.74. The first-order chi connectivity index (χ1) is 12.6. The molecule has 3 rings (SSSR count). The maximum absolute atomic E-state index is 12.2. The number of rotatable bonds is 8. The van der Waals surface area contributed by atoms with Crippen molar-refractivity contribution in [2.45, 2.75) is 28.7 Å². The number of hydrogen-bond donors (Lipinski definition) is 1. The van der Waals surface area contributed by atoms with E-state index in [9.17, 15) is 4.79 Å². The smallest absolute Gasteiger partial charge is 0.322 e. The zero-order valence-electron chi connectivity index (χ0n) is 14.9. The molecule has 2 amide bonds. The molecule has 1 N–H and O–H groups in total. The van der Waals surface area contributed by atoms with E-state index in [0.29, 0.717) is 26.3 Å². The first kappa shape index (κ1) is 19.2. The summed E-state index contributed by atoms with van der Waals surface area (Å²) < 4.78 is 11.7. The Morgan fingerprint density at radius 2 is 2.12 bits per heavy atom. The van der Waals surface area contributed by atoms with E-state index in [1.807, 2.05) is 36.6 Å². The third-order valence-corrected chi connectivity index (χ3v) is 5.95. The number of methoxy groups -OCH3 is 1. The second-order valence-electron chi connectivity index (χ2n) is 6.06. The van der Waals surface area contributed by atoms with Crippen LogP contribution in [0.25, 0.3) is 0 Å². The van der Waals surface area contributed by atoms with Gasteiger partial charge in [-0.3, -0.25) is 0 Å². The second kappa shape index (κ2) is 9.36. The van der Waals surface area contributed by atoms with Crippen LogP contribution in [0.5, 0.6) is 0 Å². The minimum Gasteiger partial charge on any atom is -0.385 e. The van der Waals surface area contributed by atoms with Gasteiger partial charge in [0.1, 0.15) is 0 Å². The van der Waals surface area contributed by atoms with Crippen LogP contribution < -0.4 is 5.32 Å². The highest BCUT2D eigenvalue weighted by molar-refractivity contribution is 8.01. The van der Waals surface area contributed by atoms with Gasteiger partial charge in [-0.2, -0.15) is 0 Å². The van der Waals surface area contributed by atoms with Crippen LogP contribution in [0, 0.1) is 6.92 Å². The number of anilines is 1. The number of aromatic nitrogens is 1. The van der Waals surface area contributed by atoms with Gasteiger partial charge in [-0.25, -0.2) is 9.78 Å². The molecule has 0 spiro atoms. The number of thiazole rings is 1. The third kappa shape index (κ3) is 5.44. The van der Waals surface area contributed by atoms with Gasteiger partial charge in [-0.1, -0.05) is 11.8 Å².